The molecule has 0 aliphatic carbocycles. The van der Waals surface area contributed by atoms with E-state index >= 15 is 0 Å². The summed E-state index contributed by atoms with van der Waals surface area (Å²) in [6, 6.07) is 6.14. The predicted octanol–water partition coefficient (Wildman–Crippen LogP) is 2.12. The van der Waals surface area contributed by atoms with Crippen LogP contribution in [0.25, 0.3) is 0 Å². The standard InChI is InChI=1S/C15H15BrN2O3/c1-3-8-17(10(2)19)13-9-14(20)18(15(13)21)12-6-4-11(16)5-7-12/h3-7,13H,1,8-9H2,2H3. The van der Waals surface area contributed by atoms with Crippen molar-refractivity contribution in [3.05, 3.63) is 41.4 Å². The van der Waals surface area contributed by atoms with E-state index in [1.165, 1.54) is 11.8 Å². The van der Waals surface area contributed by atoms with Crippen molar-refractivity contribution in [2.45, 2.75) is 19.4 Å². The fraction of sp³-hybridized carbons (Fsp3) is 0.267. The Morgan fingerprint density at radius 2 is 2.05 bits per heavy atom. The first-order valence-corrected chi connectivity index (χ1v) is 7.25. The highest BCUT2D eigenvalue weighted by Crippen LogP contribution is 2.27. The van der Waals surface area contributed by atoms with Crippen LogP contribution in [0.4, 0.5) is 5.69 Å². The Labute approximate surface area is 131 Å². The molecule has 0 saturated carbocycles. The number of imide groups is 1. The van der Waals surface area contributed by atoms with Crippen LogP contribution < -0.4 is 4.90 Å². The number of anilines is 1. The number of carbonyl (C=O) groups is 3. The molecule has 1 aromatic rings. The second-order valence-electron chi connectivity index (χ2n) is 4.72. The van der Waals surface area contributed by atoms with Crippen molar-refractivity contribution < 1.29 is 14.4 Å². The zero-order valence-electron chi connectivity index (χ0n) is 11.6. The molecule has 2 rings (SSSR count). The molecule has 1 fully saturated rings. The van der Waals surface area contributed by atoms with Crippen molar-refractivity contribution in [2.24, 2.45) is 0 Å². The first-order valence-electron chi connectivity index (χ1n) is 6.46. The van der Waals surface area contributed by atoms with Gasteiger partial charge >= 0.3 is 0 Å². The average Bonchev–Trinajstić information content (AvgIpc) is 2.72. The first kappa shape index (κ1) is 15.4. The minimum Gasteiger partial charge on any atom is -0.327 e. The first-order chi connectivity index (χ1) is 9.95. The van der Waals surface area contributed by atoms with Crippen LogP contribution in [-0.2, 0) is 14.4 Å². The molecule has 0 aromatic heterocycles. The molecular formula is C15H15BrN2O3. The molecular weight excluding hydrogens is 336 g/mol. The van der Waals surface area contributed by atoms with Gasteiger partial charge in [-0.05, 0) is 24.3 Å². The number of halogens is 1. The van der Waals surface area contributed by atoms with Gasteiger partial charge in [0.15, 0.2) is 0 Å². The molecule has 1 atom stereocenters. The highest BCUT2D eigenvalue weighted by molar-refractivity contribution is 9.10. The summed E-state index contributed by atoms with van der Waals surface area (Å²) < 4.78 is 0.860. The third-order valence-corrected chi connectivity index (χ3v) is 3.84. The van der Waals surface area contributed by atoms with Crippen molar-refractivity contribution in [1.82, 2.24) is 4.90 Å². The normalized spacial score (nSPS) is 18.0. The molecule has 0 N–H and O–H groups in total. The van der Waals surface area contributed by atoms with Crippen LogP contribution in [0.3, 0.4) is 0 Å². The lowest BCUT2D eigenvalue weighted by molar-refractivity contribution is -0.135. The van der Waals surface area contributed by atoms with Gasteiger partial charge in [0.2, 0.25) is 11.8 Å². The maximum Gasteiger partial charge on any atom is 0.257 e. The summed E-state index contributed by atoms with van der Waals surface area (Å²) in [5, 5.41) is 0. The van der Waals surface area contributed by atoms with Crippen molar-refractivity contribution >= 4 is 39.3 Å². The minimum absolute atomic E-state index is 0.00230. The number of amides is 3. The Bertz CT molecular complexity index is 597. The SMILES string of the molecule is C=CCN(C(C)=O)C1CC(=O)N(c2ccc(Br)cc2)C1=O. The zero-order valence-corrected chi connectivity index (χ0v) is 13.2. The van der Waals surface area contributed by atoms with Gasteiger partial charge < -0.3 is 4.90 Å². The minimum atomic E-state index is -0.753. The van der Waals surface area contributed by atoms with Gasteiger partial charge in [-0.15, -0.1) is 6.58 Å². The van der Waals surface area contributed by atoms with Gasteiger partial charge in [-0.1, -0.05) is 22.0 Å². The summed E-state index contributed by atoms with van der Waals surface area (Å²) in [5.41, 5.74) is 0.512. The van der Waals surface area contributed by atoms with E-state index in [1.807, 2.05) is 0 Å². The lowest BCUT2D eigenvalue weighted by Gasteiger charge is -2.25. The van der Waals surface area contributed by atoms with E-state index < -0.39 is 6.04 Å². The third-order valence-electron chi connectivity index (χ3n) is 3.31. The number of hydrogen-bond donors (Lipinski definition) is 0. The molecule has 1 aliphatic heterocycles. The van der Waals surface area contributed by atoms with Crippen LogP contribution in [0.1, 0.15) is 13.3 Å². The summed E-state index contributed by atoms with van der Waals surface area (Å²) in [6.07, 6.45) is 1.55. The number of rotatable bonds is 4. The maximum atomic E-state index is 12.5. The van der Waals surface area contributed by atoms with E-state index in [1.54, 1.807) is 30.3 Å². The molecule has 1 unspecified atom stereocenters. The summed E-state index contributed by atoms with van der Waals surface area (Å²) in [5.74, 6) is -0.930. The van der Waals surface area contributed by atoms with Gasteiger partial charge in [-0.2, -0.15) is 0 Å². The molecule has 110 valence electrons. The van der Waals surface area contributed by atoms with Gasteiger partial charge in [-0.25, -0.2) is 4.90 Å². The van der Waals surface area contributed by atoms with Gasteiger partial charge in [0.25, 0.3) is 5.91 Å². The quantitative estimate of drug-likeness (QED) is 0.617. The second-order valence-corrected chi connectivity index (χ2v) is 5.64. The molecule has 1 saturated heterocycles. The Balaban J connectivity index is 2.29. The van der Waals surface area contributed by atoms with Crippen LogP contribution in [0.5, 0.6) is 0 Å². The Morgan fingerprint density at radius 3 is 2.57 bits per heavy atom. The van der Waals surface area contributed by atoms with Crippen LogP contribution in [0.15, 0.2) is 41.4 Å². The number of nitrogens with zero attached hydrogens (tertiary/aromatic N) is 2. The molecule has 1 heterocycles. The van der Waals surface area contributed by atoms with E-state index in [4.69, 9.17) is 0 Å². The molecule has 1 aromatic carbocycles. The van der Waals surface area contributed by atoms with Gasteiger partial charge in [-0.3, -0.25) is 14.4 Å². The lowest BCUT2D eigenvalue weighted by atomic mass is 10.2. The monoisotopic (exact) mass is 350 g/mol. The molecule has 1 aliphatic rings. The van der Waals surface area contributed by atoms with E-state index in [2.05, 4.69) is 22.5 Å². The summed E-state index contributed by atoms with van der Waals surface area (Å²) in [4.78, 5) is 38.8. The van der Waals surface area contributed by atoms with Crippen molar-refractivity contribution in [1.29, 1.82) is 0 Å². The number of carbonyl (C=O) groups excluding carboxylic acids is 3. The Hall–Kier alpha value is -1.95. The largest absolute Gasteiger partial charge is 0.327 e. The molecule has 0 bridgehead atoms. The smallest absolute Gasteiger partial charge is 0.257 e. The highest BCUT2D eigenvalue weighted by Gasteiger charge is 2.43. The van der Waals surface area contributed by atoms with Crippen molar-refractivity contribution in [3.8, 4) is 0 Å². The zero-order chi connectivity index (χ0) is 15.6. The molecule has 3 amide bonds. The average molecular weight is 351 g/mol. The van der Waals surface area contributed by atoms with E-state index in [-0.39, 0.29) is 30.7 Å². The van der Waals surface area contributed by atoms with Crippen molar-refractivity contribution in [3.63, 3.8) is 0 Å². The summed E-state index contributed by atoms with van der Waals surface area (Å²) >= 11 is 3.31. The van der Waals surface area contributed by atoms with E-state index in [0.29, 0.717) is 5.69 Å². The fourth-order valence-electron chi connectivity index (χ4n) is 2.34. The molecule has 0 radical (unpaired) electrons. The van der Waals surface area contributed by atoms with Gasteiger partial charge in [0.1, 0.15) is 6.04 Å². The van der Waals surface area contributed by atoms with Crippen LogP contribution in [0.2, 0.25) is 0 Å². The van der Waals surface area contributed by atoms with Crippen LogP contribution >= 0.6 is 15.9 Å². The molecule has 6 heteroatoms. The molecule has 5 nitrogen and oxygen atoms in total. The van der Waals surface area contributed by atoms with Crippen LogP contribution in [-0.4, -0.2) is 35.2 Å². The number of hydrogen-bond acceptors (Lipinski definition) is 3. The predicted molar refractivity (Wildman–Crippen MR) is 82.6 cm³/mol. The third kappa shape index (κ3) is 3.05. The van der Waals surface area contributed by atoms with Crippen LogP contribution in [0, 0.1) is 0 Å². The van der Waals surface area contributed by atoms with Crippen molar-refractivity contribution in [2.75, 3.05) is 11.4 Å². The second kappa shape index (κ2) is 6.22. The number of benzene rings is 1. The Morgan fingerprint density at radius 1 is 1.43 bits per heavy atom. The summed E-state index contributed by atoms with van der Waals surface area (Å²) in [7, 11) is 0. The fourth-order valence-corrected chi connectivity index (χ4v) is 2.60. The van der Waals surface area contributed by atoms with E-state index in [9.17, 15) is 14.4 Å². The van der Waals surface area contributed by atoms with E-state index in [0.717, 1.165) is 9.37 Å². The highest BCUT2D eigenvalue weighted by atomic mass is 79.9. The lowest BCUT2D eigenvalue weighted by Crippen LogP contribution is -2.44. The topological polar surface area (TPSA) is 57.7 Å². The molecule has 0 spiro atoms. The maximum absolute atomic E-state index is 12.5. The molecule has 21 heavy (non-hydrogen) atoms. The van der Waals surface area contributed by atoms with Gasteiger partial charge in [0, 0.05) is 17.9 Å². The van der Waals surface area contributed by atoms with Gasteiger partial charge in [0.05, 0.1) is 12.1 Å². The summed E-state index contributed by atoms with van der Waals surface area (Å²) in [6.45, 7) is 5.20. The Kier molecular flexibility index (Phi) is 4.57.